The maximum absolute atomic E-state index is 9.92. The van der Waals surface area contributed by atoms with Gasteiger partial charge >= 0.3 is 0 Å². The maximum Gasteiger partial charge on any atom is 0.0897 e. The van der Waals surface area contributed by atoms with E-state index in [4.69, 9.17) is 4.74 Å². The number of nitrogens with one attached hydrogen (secondary N) is 1. The third-order valence-corrected chi connectivity index (χ3v) is 4.54. The smallest absolute Gasteiger partial charge is 0.0897 e. The lowest BCUT2D eigenvalue weighted by Gasteiger charge is -2.23. The second-order valence-electron chi connectivity index (χ2n) is 5.63. The van der Waals surface area contributed by atoms with Crippen molar-refractivity contribution in [3.8, 4) is 0 Å². The van der Waals surface area contributed by atoms with Gasteiger partial charge < -0.3 is 15.2 Å². The second-order valence-corrected chi connectivity index (χ2v) is 7.15. The van der Waals surface area contributed by atoms with Crippen molar-refractivity contribution < 1.29 is 9.84 Å². The van der Waals surface area contributed by atoms with Crippen LogP contribution >= 0.6 is 11.8 Å². The quantitative estimate of drug-likeness (QED) is 0.735. The fourth-order valence-corrected chi connectivity index (χ4v) is 1.99. The second kappa shape index (κ2) is 8.67. The molecular formula is C16H27NO2S. The van der Waals surface area contributed by atoms with E-state index in [9.17, 15) is 5.11 Å². The minimum Gasteiger partial charge on any atom is -0.389 e. The molecule has 0 aliphatic carbocycles. The van der Waals surface area contributed by atoms with Gasteiger partial charge in [-0.15, -0.1) is 0 Å². The van der Waals surface area contributed by atoms with Crippen molar-refractivity contribution in [2.24, 2.45) is 0 Å². The van der Waals surface area contributed by atoms with Crippen LogP contribution in [0.3, 0.4) is 0 Å². The van der Waals surface area contributed by atoms with Crippen molar-refractivity contribution >= 4 is 11.8 Å². The Bertz CT molecular complexity index is 370. The van der Waals surface area contributed by atoms with E-state index >= 15 is 0 Å². The van der Waals surface area contributed by atoms with Crippen LogP contribution in [0.25, 0.3) is 0 Å². The average Bonchev–Trinajstić information content (AvgIpc) is 2.45. The van der Waals surface area contributed by atoms with Crippen LogP contribution in [0.2, 0.25) is 0 Å². The van der Waals surface area contributed by atoms with Gasteiger partial charge in [0.25, 0.3) is 0 Å². The van der Waals surface area contributed by atoms with Crippen LogP contribution in [0.15, 0.2) is 30.3 Å². The van der Waals surface area contributed by atoms with Crippen LogP contribution in [0.4, 0.5) is 0 Å². The molecule has 114 valence electrons. The highest BCUT2D eigenvalue weighted by atomic mass is 32.2. The number of hydrogen-bond acceptors (Lipinski definition) is 4. The summed E-state index contributed by atoms with van der Waals surface area (Å²) in [5.74, 6) is 0. The molecule has 1 aromatic carbocycles. The normalized spacial score (nSPS) is 15.1. The lowest BCUT2D eigenvalue weighted by Crippen LogP contribution is -2.38. The molecular weight excluding hydrogens is 270 g/mol. The summed E-state index contributed by atoms with van der Waals surface area (Å²) in [6.45, 7) is 8.16. The van der Waals surface area contributed by atoms with Crippen molar-refractivity contribution in [3.63, 3.8) is 0 Å². The summed E-state index contributed by atoms with van der Waals surface area (Å²) in [5, 5.41) is 13.2. The van der Waals surface area contributed by atoms with E-state index in [0.717, 1.165) is 12.1 Å². The SMILES string of the molecule is CSC(C)(C)CNCC(O)COC(C)c1ccccc1. The first-order valence-corrected chi connectivity index (χ1v) is 8.27. The van der Waals surface area contributed by atoms with Gasteiger partial charge in [0.05, 0.1) is 18.8 Å². The molecule has 0 radical (unpaired) electrons. The van der Waals surface area contributed by atoms with E-state index in [1.807, 2.05) is 49.0 Å². The summed E-state index contributed by atoms with van der Waals surface area (Å²) in [6, 6.07) is 10.1. The Labute approximate surface area is 127 Å². The van der Waals surface area contributed by atoms with E-state index in [1.165, 1.54) is 0 Å². The van der Waals surface area contributed by atoms with Gasteiger partial charge in [-0.05, 0) is 32.6 Å². The molecule has 2 N–H and O–H groups in total. The zero-order chi connectivity index (χ0) is 15.0. The summed E-state index contributed by atoms with van der Waals surface area (Å²) < 4.78 is 5.90. The van der Waals surface area contributed by atoms with Crippen molar-refractivity contribution in [1.29, 1.82) is 0 Å². The summed E-state index contributed by atoms with van der Waals surface area (Å²) in [7, 11) is 0. The number of aliphatic hydroxyl groups is 1. The van der Waals surface area contributed by atoms with Gasteiger partial charge in [0, 0.05) is 17.8 Å². The van der Waals surface area contributed by atoms with Gasteiger partial charge in [0.1, 0.15) is 0 Å². The van der Waals surface area contributed by atoms with E-state index in [-0.39, 0.29) is 10.9 Å². The highest BCUT2D eigenvalue weighted by Gasteiger charge is 2.16. The molecule has 2 atom stereocenters. The standard InChI is InChI=1S/C16H27NO2S/c1-13(14-8-6-5-7-9-14)19-11-15(18)10-17-12-16(2,3)20-4/h5-9,13,15,17-18H,10-12H2,1-4H3. The van der Waals surface area contributed by atoms with Gasteiger partial charge in [-0.3, -0.25) is 0 Å². The first kappa shape index (κ1) is 17.5. The van der Waals surface area contributed by atoms with Crippen molar-refractivity contribution in [2.45, 2.75) is 37.7 Å². The molecule has 0 heterocycles. The minimum absolute atomic E-state index is 0.00786. The van der Waals surface area contributed by atoms with Crippen LogP contribution in [0, 0.1) is 0 Å². The molecule has 1 aromatic rings. The maximum atomic E-state index is 9.92. The Morgan fingerprint density at radius 2 is 1.95 bits per heavy atom. The van der Waals surface area contributed by atoms with Crippen molar-refractivity contribution in [1.82, 2.24) is 5.32 Å². The van der Waals surface area contributed by atoms with Gasteiger partial charge in [-0.2, -0.15) is 11.8 Å². The monoisotopic (exact) mass is 297 g/mol. The number of benzene rings is 1. The number of rotatable bonds is 9. The van der Waals surface area contributed by atoms with Gasteiger partial charge in [-0.25, -0.2) is 0 Å². The molecule has 0 aliphatic heterocycles. The molecule has 2 unspecified atom stereocenters. The highest BCUT2D eigenvalue weighted by molar-refractivity contribution is 7.99. The number of hydrogen-bond donors (Lipinski definition) is 2. The van der Waals surface area contributed by atoms with Crippen LogP contribution in [0.1, 0.15) is 32.4 Å². The summed E-state index contributed by atoms with van der Waals surface area (Å²) in [5.41, 5.74) is 1.14. The molecule has 0 fully saturated rings. The van der Waals surface area contributed by atoms with Crippen LogP contribution in [0.5, 0.6) is 0 Å². The highest BCUT2D eigenvalue weighted by Crippen LogP contribution is 2.19. The molecule has 0 aromatic heterocycles. The zero-order valence-corrected chi connectivity index (χ0v) is 13.7. The Kier molecular flexibility index (Phi) is 7.59. The average molecular weight is 297 g/mol. The van der Waals surface area contributed by atoms with E-state index in [0.29, 0.717) is 13.2 Å². The third kappa shape index (κ3) is 6.75. The molecule has 20 heavy (non-hydrogen) atoms. The third-order valence-electron chi connectivity index (χ3n) is 3.29. The predicted octanol–water partition coefficient (Wildman–Crippen LogP) is 2.86. The van der Waals surface area contributed by atoms with E-state index in [2.05, 4.69) is 25.4 Å². The lowest BCUT2D eigenvalue weighted by molar-refractivity contribution is -0.00206. The fraction of sp³-hybridized carbons (Fsp3) is 0.625. The summed E-state index contributed by atoms with van der Waals surface area (Å²) in [6.07, 6.45) is 1.63. The van der Waals surface area contributed by atoms with Gasteiger partial charge in [-0.1, -0.05) is 30.3 Å². The van der Waals surface area contributed by atoms with Crippen molar-refractivity contribution in [3.05, 3.63) is 35.9 Å². The van der Waals surface area contributed by atoms with Crippen LogP contribution < -0.4 is 5.32 Å². The molecule has 4 heteroatoms. The largest absolute Gasteiger partial charge is 0.389 e. The Hall–Kier alpha value is -0.550. The molecule has 0 spiro atoms. The number of aliphatic hydroxyl groups excluding tert-OH is 1. The van der Waals surface area contributed by atoms with E-state index in [1.54, 1.807) is 0 Å². The molecule has 0 saturated heterocycles. The minimum atomic E-state index is -0.473. The topological polar surface area (TPSA) is 41.5 Å². The first-order valence-electron chi connectivity index (χ1n) is 7.05. The predicted molar refractivity (Wildman–Crippen MR) is 87.3 cm³/mol. The number of thioether (sulfide) groups is 1. The Balaban J connectivity index is 2.21. The molecule has 3 nitrogen and oxygen atoms in total. The Morgan fingerprint density at radius 3 is 2.55 bits per heavy atom. The zero-order valence-electron chi connectivity index (χ0n) is 12.9. The Morgan fingerprint density at radius 1 is 1.30 bits per heavy atom. The fourth-order valence-electron chi connectivity index (χ4n) is 1.75. The molecule has 0 saturated carbocycles. The number of ether oxygens (including phenoxy) is 1. The van der Waals surface area contributed by atoms with E-state index < -0.39 is 6.10 Å². The van der Waals surface area contributed by atoms with Crippen LogP contribution in [-0.4, -0.2) is 41.9 Å². The van der Waals surface area contributed by atoms with Gasteiger partial charge in [0.15, 0.2) is 0 Å². The van der Waals surface area contributed by atoms with Gasteiger partial charge in [0.2, 0.25) is 0 Å². The first-order chi connectivity index (χ1) is 9.44. The summed E-state index contributed by atoms with van der Waals surface area (Å²) in [4.78, 5) is 0. The molecule has 0 bridgehead atoms. The lowest BCUT2D eigenvalue weighted by atomic mass is 10.1. The van der Waals surface area contributed by atoms with Crippen molar-refractivity contribution in [2.75, 3.05) is 26.0 Å². The van der Waals surface area contributed by atoms with Crippen LogP contribution in [-0.2, 0) is 4.74 Å². The molecule has 0 aliphatic rings. The molecule has 0 amide bonds. The molecule has 1 rings (SSSR count). The summed E-state index contributed by atoms with van der Waals surface area (Å²) >= 11 is 1.82.